The van der Waals surface area contributed by atoms with E-state index in [1.165, 1.54) is 28.6 Å². The average Bonchev–Trinajstić information content (AvgIpc) is 2.68. The standard InChI is InChI=1S/C23H23ClN2O3S/c1-17-5-3-7-19(13-17)15-26(30(28,29)22-11-9-20(24)10-12-22)16-23(27)25-21-8-4-6-18(2)14-21/h3-14H,15-16H2,1-2H3,(H,25,27). The van der Waals surface area contributed by atoms with Gasteiger partial charge in [-0.25, -0.2) is 8.42 Å². The second-order valence-electron chi connectivity index (χ2n) is 7.13. The molecule has 0 bridgehead atoms. The van der Waals surface area contributed by atoms with Crippen molar-refractivity contribution in [2.75, 3.05) is 11.9 Å². The number of halogens is 1. The van der Waals surface area contributed by atoms with E-state index in [1.54, 1.807) is 6.07 Å². The summed E-state index contributed by atoms with van der Waals surface area (Å²) >= 11 is 5.90. The number of benzene rings is 3. The Balaban J connectivity index is 1.88. The van der Waals surface area contributed by atoms with Gasteiger partial charge in [-0.05, 0) is 61.4 Å². The van der Waals surface area contributed by atoms with Crippen molar-refractivity contribution in [3.8, 4) is 0 Å². The van der Waals surface area contributed by atoms with E-state index in [0.29, 0.717) is 10.7 Å². The molecule has 0 atom stereocenters. The Morgan fingerprint density at radius 2 is 1.57 bits per heavy atom. The van der Waals surface area contributed by atoms with Crippen LogP contribution in [0.15, 0.2) is 77.7 Å². The van der Waals surface area contributed by atoms with Crippen molar-refractivity contribution in [1.29, 1.82) is 0 Å². The van der Waals surface area contributed by atoms with Crippen LogP contribution in [0.5, 0.6) is 0 Å². The summed E-state index contributed by atoms with van der Waals surface area (Å²) in [6.07, 6.45) is 0. The lowest BCUT2D eigenvalue weighted by atomic mass is 10.1. The van der Waals surface area contributed by atoms with Crippen molar-refractivity contribution < 1.29 is 13.2 Å². The number of nitrogens with one attached hydrogen (secondary N) is 1. The van der Waals surface area contributed by atoms with Crippen molar-refractivity contribution in [2.24, 2.45) is 0 Å². The van der Waals surface area contributed by atoms with Gasteiger partial charge in [0.15, 0.2) is 0 Å². The smallest absolute Gasteiger partial charge is 0.243 e. The summed E-state index contributed by atoms with van der Waals surface area (Å²) in [6, 6.07) is 20.8. The van der Waals surface area contributed by atoms with Gasteiger partial charge in [0.2, 0.25) is 15.9 Å². The van der Waals surface area contributed by atoms with Gasteiger partial charge in [-0.15, -0.1) is 0 Å². The molecule has 3 rings (SSSR count). The number of carbonyl (C=O) groups excluding carboxylic acids is 1. The van der Waals surface area contributed by atoms with E-state index in [1.807, 2.05) is 56.3 Å². The molecule has 0 aliphatic heterocycles. The second kappa shape index (κ2) is 9.43. The molecule has 0 unspecified atom stereocenters. The van der Waals surface area contributed by atoms with Crippen LogP contribution in [-0.4, -0.2) is 25.2 Å². The Kier molecular flexibility index (Phi) is 6.92. The van der Waals surface area contributed by atoms with Crippen molar-refractivity contribution in [3.05, 3.63) is 94.5 Å². The lowest BCUT2D eigenvalue weighted by molar-refractivity contribution is -0.116. The predicted molar refractivity (Wildman–Crippen MR) is 120 cm³/mol. The van der Waals surface area contributed by atoms with E-state index in [0.717, 1.165) is 16.7 Å². The molecule has 0 aliphatic carbocycles. The highest BCUT2D eigenvalue weighted by molar-refractivity contribution is 7.89. The highest BCUT2D eigenvalue weighted by Gasteiger charge is 2.27. The van der Waals surface area contributed by atoms with E-state index in [4.69, 9.17) is 11.6 Å². The molecule has 0 heterocycles. The molecule has 5 nitrogen and oxygen atoms in total. The molecule has 0 fully saturated rings. The maximum Gasteiger partial charge on any atom is 0.243 e. The minimum atomic E-state index is -3.91. The molecule has 0 aromatic heterocycles. The van der Waals surface area contributed by atoms with Crippen LogP contribution in [0.4, 0.5) is 5.69 Å². The lowest BCUT2D eigenvalue weighted by Crippen LogP contribution is -2.37. The topological polar surface area (TPSA) is 66.5 Å². The molecule has 30 heavy (non-hydrogen) atoms. The number of carbonyl (C=O) groups is 1. The van der Waals surface area contributed by atoms with Crippen LogP contribution in [-0.2, 0) is 21.4 Å². The highest BCUT2D eigenvalue weighted by Crippen LogP contribution is 2.21. The van der Waals surface area contributed by atoms with Crippen molar-refractivity contribution in [1.82, 2.24) is 4.31 Å². The molecule has 3 aromatic carbocycles. The maximum absolute atomic E-state index is 13.3. The van der Waals surface area contributed by atoms with Crippen LogP contribution in [0.25, 0.3) is 0 Å². The Hall–Kier alpha value is -2.67. The summed E-state index contributed by atoms with van der Waals surface area (Å²) in [5, 5.41) is 3.22. The summed E-state index contributed by atoms with van der Waals surface area (Å²) in [6.45, 7) is 3.62. The van der Waals surface area contributed by atoms with Gasteiger partial charge in [0.25, 0.3) is 0 Å². The molecule has 3 aromatic rings. The zero-order chi connectivity index (χ0) is 21.7. The van der Waals surface area contributed by atoms with E-state index >= 15 is 0 Å². The lowest BCUT2D eigenvalue weighted by Gasteiger charge is -2.22. The van der Waals surface area contributed by atoms with Crippen molar-refractivity contribution >= 4 is 33.2 Å². The van der Waals surface area contributed by atoms with Gasteiger partial charge in [0.05, 0.1) is 11.4 Å². The summed E-state index contributed by atoms with van der Waals surface area (Å²) in [7, 11) is -3.91. The third kappa shape index (κ3) is 5.69. The molecular formula is C23H23ClN2O3S. The molecule has 0 saturated heterocycles. The minimum Gasteiger partial charge on any atom is -0.325 e. The number of rotatable bonds is 7. The van der Waals surface area contributed by atoms with Crippen molar-refractivity contribution in [3.63, 3.8) is 0 Å². The normalized spacial score (nSPS) is 11.5. The zero-order valence-electron chi connectivity index (χ0n) is 16.8. The Morgan fingerprint density at radius 3 is 2.20 bits per heavy atom. The van der Waals surface area contributed by atoms with E-state index in [9.17, 15) is 13.2 Å². The van der Waals surface area contributed by atoms with E-state index < -0.39 is 15.9 Å². The number of hydrogen-bond donors (Lipinski definition) is 1. The van der Waals surface area contributed by atoms with Gasteiger partial charge in [0.1, 0.15) is 0 Å². The quantitative estimate of drug-likeness (QED) is 0.572. The number of anilines is 1. The molecule has 0 saturated carbocycles. The van der Waals surface area contributed by atoms with Gasteiger partial charge in [-0.3, -0.25) is 4.79 Å². The zero-order valence-corrected chi connectivity index (χ0v) is 18.4. The predicted octanol–water partition coefficient (Wildman–Crippen LogP) is 4.79. The Morgan fingerprint density at radius 1 is 0.933 bits per heavy atom. The highest BCUT2D eigenvalue weighted by atomic mass is 35.5. The van der Waals surface area contributed by atoms with Crippen LogP contribution in [0, 0.1) is 13.8 Å². The van der Waals surface area contributed by atoms with Gasteiger partial charge in [-0.2, -0.15) is 4.31 Å². The van der Waals surface area contributed by atoms with Crippen LogP contribution in [0.2, 0.25) is 5.02 Å². The molecular weight excluding hydrogens is 420 g/mol. The number of sulfonamides is 1. The van der Waals surface area contributed by atoms with Crippen LogP contribution >= 0.6 is 11.6 Å². The first-order valence-electron chi connectivity index (χ1n) is 9.42. The molecule has 1 N–H and O–H groups in total. The summed E-state index contributed by atoms with van der Waals surface area (Å²) in [4.78, 5) is 12.8. The molecule has 0 aliphatic rings. The largest absolute Gasteiger partial charge is 0.325 e. The fourth-order valence-electron chi connectivity index (χ4n) is 3.08. The average molecular weight is 443 g/mol. The number of aryl methyl sites for hydroxylation is 2. The SMILES string of the molecule is Cc1cccc(CN(CC(=O)Nc2cccc(C)c2)S(=O)(=O)c2ccc(Cl)cc2)c1. The molecule has 0 spiro atoms. The fraction of sp³-hybridized carbons (Fsp3) is 0.174. The monoisotopic (exact) mass is 442 g/mol. The van der Waals surface area contributed by atoms with Crippen LogP contribution in [0.3, 0.4) is 0 Å². The van der Waals surface area contributed by atoms with Gasteiger partial charge < -0.3 is 5.32 Å². The molecule has 0 radical (unpaired) electrons. The summed E-state index contributed by atoms with van der Waals surface area (Å²) in [5.41, 5.74) is 3.44. The molecule has 1 amide bonds. The summed E-state index contributed by atoms with van der Waals surface area (Å²) in [5.74, 6) is -0.411. The van der Waals surface area contributed by atoms with Gasteiger partial charge in [-0.1, -0.05) is 53.6 Å². The third-order valence-electron chi connectivity index (χ3n) is 4.51. The maximum atomic E-state index is 13.3. The van der Waals surface area contributed by atoms with Crippen molar-refractivity contribution in [2.45, 2.75) is 25.3 Å². The first kappa shape index (κ1) is 22.0. The Labute approximate surface area is 182 Å². The number of nitrogens with zero attached hydrogens (tertiary/aromatic N) is 1. The van der Waals surface area contributed by atoms with Crippen LogP contribution in [0.1, 0.15) is 16.7 Å². The fourth-order valence-corrected chi connectivity index (χ4v) is 4.59. The first-order valence-corrected chi connectivity index (χ1v) is 11.2. The minimum absolute atomic E-state index is 0.0773. The molecule has 156 valence electrons. The van der Waals surface area contributed by atoms with Crippen LogP contribution < -0.4 is 5.32 Å². The second-order valence-corrected chi connectivity index (χ2v) is 9.51. The summed E-state index contributed by atoms with van der Waals surface area (Å²) < 4.78 is 27.7. The van der Waals surface area contributed by atoms with Gasteiger partial charge in [0, 0.05) is 17.3 Å². The molecule has 7 heteroatoms. The Bertz CT molecular complexity index is 1150. The first-order chi connectivity index (χ1) is 14.2. The van der Waals surface area contributed by atoms with Gasteiger partial charge >= 0.3 is 0 Å². The number of hydrogen-bond acceptors (Lipinski definition) is 3. The number of amides is 1. The van der Waals surface area contributed by atoms with E-state index in [-0.39, 0.29) is 18.0 Å². The van der Waals surface area contributed by atoms with E-state index in [2.05, 4.69) is 5.32 Å². The third-order valence-corrected chi connectivity index (χ3v) is 6.57.